The van der Waals surface area contributed by atoms with Crippen LogP contribution in [0.5, 0.6) is 0 Å². The maximum atomic E-state index is 11.9. The molecule has 0 fully saturated rings. The summed E-state index contributed by atoms with van der Waals surface area (Å²) in [5.74, 6) is 0.326. The van der Waals surface area contributed by atoms with Crippen molar-refractivity contribution in [2.75, 3.05) is 5.73 Å². The molecule has 0 atom stereocenters. The summed E-state index contributed by atoms with van der Waals surface area (Å²) in [6.07, 6.45) is 5.46. The number of rotatable bonds is 3. The lowest BCUT2D eigenvalue weighted by Crippen LogP contribution is -2.25. The fourth-order valence-corrected chi connectivity index (χ4v) is 1.39. The predicted molar refractivity (Wildman–Crippen MR) is 58.1 cm³/mol. The topological polar surface area (TPSA) is 91.6 Å². The zero-order valence-corrected chi connectivity index (χ0v) is 8.87. The normalized spacial score (nSPS) is 10.6. The Morgan fingerprint density at radius 3 is 2.88 bits per heavy atom. The Hall–Kier alpha value is -2.18. The van der Waals surface area contributed by atoms with Gasteiger partial charge in [-0.3, -0.25) is 4.79 Å². The zero-order valence-electron chi connectivity index (χ0n) is 8.87. The van der Waals surface area contributed by atoms with Crippen LogP contribution in [0.15, 0.2) is 23.5 Å². The number of anilines is 1. The van der Waals surface area contributed by atoms with Crippen LogP contribution < -0.4 is 11.3 Å². The van der Waals surface area contributed by atoms with Gasteiger partial charge < -0.3 is 10.3 Å². The quantitative estimate of drug-likeness (QED) is 0.774. The molecule has 0 saturated carbocycles. The molecule has 16 heavy (non-hydrogen) atoms. The lowest BCUT2D eigenvalue weighted by Gasteiger charge is -2.04. The zero-order chi connectivity index (χ0) is 11.5. The summed E-state index contributed by atoms with van der Waals surface area (Å²) >= 11 is 0. The standard InChI is InChI=1S/C9H12N6O/c1-2-4-14-5-3-11-7(8(14)16)15-6-12-9(10)13-15/h3,5-6H,2,4H2,1H3,(H2,10,13). The minimum atomic E-state index is -0.200. The van der Waals surface area contributed by atoms with Crippen molar-refractivity contribution in [3.8, 4) is 5.82 Å². The smallest absolute Gasteiger partial charge is 0.295 e. The van der Waals surface area contributed by atoms with Crippen LogP contribution in [0.1, 0.15) is 13.3 Å². The molecule has 2 aromatic heterocycles. The molecule has 0 aliphatic rings. The van der Waals surface area contributed by atoms with Crippen molar-refractivity contribution >= 4 is 5.95 Å². The van der Waals surface area contributed by atoms with E-state index in [1.807, 2.05) is 6.92 Å². The maximum absolute atomic E-state index is 11.9. The van der Waals surface area contributed by atoms with Crippen LogP contribution in [0, 0.1) is 0 Å². The molecule has 2 rings (SSSR count). The molecular weight excluding hydrogens is 208 g/mol. The third-order valence-corrected chi connectivity index (χ3v) is 2.09. The molecule has 7 nitrogen and oxygen atoms in total. The molecule has 84 valence electrons. The van der Waals surface area contributed by atoms with Gasteiger partial charge in [0.1, 0.15) is 6.33 Å². The van der Waals surface area contributed by atoms with E-state index in [9.17, 15) is 4.79 Å². The first-order valence-corrected chi connectivity index (χ1v) is 4.95. The average Bonchev–Trinajstić information content (AvgIpc) is 2.68. The molecule has 0 radical (unpaired) electrons. The molecular formula is C9H12N6O. The summed E-state index contributed by atoms with van der Waals surface area (Å²) in [7, 11) is 0. The van der Waals surface area contributed by atoms with E-state index >= 15 is 0 Å². The van der Waals surface area contributed by atoms with E-state index in [-0.39, 0.29) is 17.3 Å². The van der Waals surface area contributed by atoms with Crippen molar-refractivity contribution in [2.45, 2.75) is 19.9 Å². The summed E-state index contributed by atoms with van der Waals surface area (Å²) in [5, 5.41) is 3.85. The third-order valence-electron chi connectivity index (χ3n) is 2.09. The molecule has 0 aliphatic carbocycles. The fourth-order valence-electron chi connectivity index (χ4n) is 1.39. The highest BCUT2D eigenvalue weighted by molar-refractivity contribution is 5.20. The number of nitrogen functional groups attached to an aromatic ring is 1. The van der Waals surface area contributed by atoms with Gasteiger partial charge in [-0.1, -0.05) is 6.92 Å². The number of aromatic nitrogens is 5. The maximum Gasteiger partial charge on any atom is 0.295 e. The van der Waals surface area contributed by atoms with Gasteiger partial charge in [0.2, 0.25) is 11.8 Å². The van der Waals surface area contributed by atoms with Crippen molar-refractivity contribution in [3.63, 3.8) is 0 Å². The Bertz CT molecular complexity index is 543. The van der Waals surface area contributed by atoms with Gasteiger partial charge in [0.05, 0.1) is 0 Å². The highest BCUT2D eigenvalue weighted by atomic mass is 16.1. The molecule has 2 N–H and O–H groups in total. The fraction of sp³-hybridized carbons (Fsp3) is 0.333. The molecule has 7 heteroatoms. The molecule has 0 unspecified atom stereocenters. The molecule has 0 bridgehead atoms. The predicted octanol–water partition coefficient (Wildman–Crippen LogP) is -0.184. The van der Waals surface area contributed by atoms with Gasteiger partial charge in [-0.2, -0.15) is 4.68 Å². The van der Waals surface area contributed by atoms with E-state index < -0.39 is 0 Å². The first-order chi connectivity index (χ1) is 7.72. The van der Waals surface area contributed by atoms with Crippen LogP contribution in [0.25, 0.3) is 5.82 Å². The number of aryl methyl sites for hydroxylation is 1. The first kappa shape index (κ1) is 10.3. The summed E-state index contributed by atoms with van der Waals surface area (Å²) in [4.78, 5) is 19.7. The molecule has 0 saturated heterocycles. The van der Waals surface area contributed by atoms with Crippen molar-refractivity contribution in [3.05, 3.63) is 29.1 Å². The minimum absolute atomic E-state index is 0.118. The monoisotopic (exact) mass is 220 g/mol. The van der Waals surface area contributed by atoms with Crippen LogP contribution in [0.4, 0.5) is 5.95 Å². The van der Waals surface area contributed by atoms with Crippen LogP contribution in [0.3, 0.4) is 0 Å². The van der Waals surface area contributed by atoms with Gasteiger partial charge in [-0.15, -0.1) is 5.10 Å². The van der Waals surface area contributed by atoms with Crippen LogP contribution in [0.2, 0.25) is 0 Å². The summed E-state index contributed by atoms with van der Waals surface area (Å²) in [6.45, 7) is 2.65. The lowest BCUT2D eigenvalue weighted by molar-refractivity contribution is 0.636. The molecule has 2 heterocycles. The van der Waals surface area contributed by atoms with E-state index in [1.165, 1.54) is 11.0 Å². The molecule has 2 aromatic rings. The van der Waals surface area contributed by atoms with E-state index in [0.29, 0.717) is 6.54 Å². The number of hydrogen-bond acceptors (Lipinski definition) is 5. The third kappa shape index (κ3) is 1.79. The van der Waals surface area contributed by atoms with Gasteiger partial charge in [0, 0.05) is 18.9 Å². The van der Waals surface area contributed by atoms with Gasteiger partial charge in [-0.25, -0.2) is 9.97 Å². The molecule has 0 amide bonds. The highest BCUT2D eigenvalue weighted by Gasteiger charge is 2.08. The van der Waals surface area contributed by atoms with Crippen LogP contribution in [-0.2, 0) is 6.54 Å². The Kier molecular flexibility index (Phi) is 2.67. The van der Waals surface area contributed by atoms with E-state index in [1.54, 1.807) is 17.0 Å². The van der Waals surface area contributed by atoms with E-state index in [2.05, 4.69) is 15.1 Å². The van der Waals surface area contributed by atoms with Crippen molar-refractivity contribution < 1.29 is 0 Å². The number of nitrogens with zero attached hydrogens (tertiary/aromatic N) is 5. The van der Waals surface area contributed by atoms with Gasteiger partial charge in [0.25, 0.3) is 5.56 Å². The molecule has 0 aliphatic heterocycles. The van der Waals surface area contributed by atoms with Crippen LogP contribution >= 0.6 is 0 Å². The Labute approximate surface area is 91.6 Å². The lowest BCUT2D eigenvalue weighted by atomic mass is 10.4. The van der Waals surface area contributed by atoms with Crippen molar-refractivity contribution in [2.24, 2.45) is 0 Å². The minimum Gasteiger partial charge on any atom is -0.366 e. The second-order valence-corrected chi connectivity index (χ2v) is 3.30. The van der Waals surface area contributed by atoms with E-state index in [0.717, 1.165) is 6.42 Å². The largest absolute Gasteiger partial charge is 0.366 e. The Balaban J connectivity index is 2.50. The van der Waals surface area contributed by atoms with Gasteiger partial charge in [-0.05, 0) is 6.42 Å². The summed E-state index contributed by atoms with van der Waals surface area (Å²) in [6, 6.07) is 0. The molecule has 0 spiro atoms. The summed E-state index contributed by atoms with van der Waals surface area (Å²) < 4.78 is 2.87. The second-order valence-electron chi connectivity index (χ2n) is 3.30. The SMILES string of the molecule is CCCn1ccnc(-n2cnc(N)n2)c1=O. The second kappa shape index (κ2) is 4.13. The Morgan fingerprint density at radius 2 is 2.25 bits per heavy atom. The Morgan fingerprint density at radius 1 is 1.44 bits per heavy atom. The van der Waals surface area contributed by atoms with E-state index in [4.69, 9.17) is 5.73 Å². The number of nitrogens with two attached hydrogens (primary N) is 1. The van der Waals surface area contributed by atoms with Gasteiger partial charge in [0.15, 0.2) is 0 Å². The number of hydrogen-bond donors (Lipinski definition) is 1. The average molecular weight is 220 g/mol. The van der Waals surface area contributed by atoms with Crippen molar-refractivity contribution in [1.82, 2.24) is 24.3 Å². The summed E-state index contributed by atoms with van der Waals surface area (Å²) in [5.41, 5.74) is 5.18. The van der Waals surface area contributed by atoms with Crippen molar-refractivity contribution in [1.29, 1.82) is 0 Å². The first-order valence-electron chi connectivity index (χ1n) is 4.95. The molecule has 0 aromatic carbocycles. The van der Waals surface area contributed by atoms with Gasteiger partial charge >= 0.3 is 0 Å². The highest BCUT2D eigenvalue weighted by Crippen LogP contribution is 1.97. The van der Waals surface area contributed by atoms with Crippen LogP contribution in [-0.4, -0.2) is 24.3 Å².